The highest BCUT2D eigenvalue weighted by molar-refractivity contribution is 5.87. The standard InChI is InChI=1S/C11H15NO2/c1-2-3-10(12)8-4-6-9(7-5-8)11(13)14/h4-7,10H,2-3,12H2,1H3,(H,13,14)/t10-/m1/s1. The molecule has 76 valence electrons. The van der Waals surface area contributed by atoms with Crippen molar-refractivity contribution >= 4 is 5.97 Å². The molecule has 3 nitrogen and oxygen atoms in total. The van der Waals surface area contributed by atoms with E-state index < -0.39 is 5.97 Å². The van der Waals surface area contributed by atoms with Gasteiger partial charge in [-0.05, 0) is 24.1 Å². The summed E-state index contributed by atoms with van der Waals surface area (Å²) < 4.78 is 0. The van der Waals surface area contributed by atoms with Crippen LogP contribution in [0.1, 0.15) is 41.7 Å². The van der Waals surface area contributed by atoms with Gasteiger partial charge in [-0.2, -0.15) is 0 Å². The van der Waals surface area contributed by atoms with Gasteiger partial charge in [0.1, 0.15) is 0 Å². The summed E-state index contributed by atoms with van der Waals surface area (Å²) in [6, 6.07) is 6.76. The van der Waals surface area contributed by atoms with Gasteiger partial charge < -0.3 is 10.8 Å². The lowest BCUT2D eigenvalue weighted by Gasteiger charge is -2.10. The average Bonchev–Trinajstić information content (AvgIpc) is 2.18. The van der Waals surface area contributed by atoms with Gasteiger partial charge in [0.05, 0.1) is 5.56 Å². The van der Waals surface area contributed by atoms with E-state index in [1.165, 1.54) is 0 Å². The molecule has 3 N–H and O–H groups in total. The number of nitrogens with two attached hydrogens (primary N) is 1. The first-order chi connectivity index (χ1) is 6.65. The summed E-state index contributed by atoms with van der Waals surface area (Å²) in [4.78, 5) is 10.6. The maximum Gasteiger partial charge on any atom is 0.335 e. The van der Waals surface area contributed by atoms with Crippen LogP contribution in [0.3, 0.4) is 0 Å². The summed E-state index contributed by atoms with van der Waals surface area (Å²) in [6.45, 7) is 2.07. The van der Waals surface area contributed by atoms with Crippen LogP contribution in [0.25, 0.3) is 0 Å². The predicted octanol–water partition coefficient (Wildman–Crippen LogP) is 2.18. The summed E-state index contributed by atoms with van der Waals surface area (Å²) in [7, 11) is 0. The van der Waals surface area contributed by atoms with E-state index in [4.69, 9.17) is 10.8 Å². The van der Waals surface area contributed by atoms with Gasteiger partial charge in [-0.15, -0.1) is 0 Å². The monoisotopic (exact) mass is 193 g/mol. The number of aromatic carboxylic acids is 1. The molecule has 0 unspecified atom stereocenters. The van der Waals surface area contributed by atoms with Crippen molar-refractivity contribution in [3.63, 3.8) is 0 Å². The van der Waals surface area contributed by atoms with Crippen molar-refractivity contribution < 1.29 is 9.90 Å². The maximum atomic E-state index is 10.6. The molecule has 1 atom stereocenters. The van der Waals surface area contributed by atoms with Crippen molar-refractivity contribution in [3.8, 4) is 0 Å². The van der Waals surface area contributed by atoms with Crippen LogP contribution < -0.4 is 5.73 Å². The maximum absolute atomic E-state index is 10.6. The second kappa shape index (κ2) is 4.77. The number of benzene rings is 1. The second-order valence-electron chi connectivity index (χ2n) is 3.32. The SMILES string of the molecule is CCC[C@@H](N)c1ccc(C(=O)O)cc1. The minimum atomic E-state index is -0.902. The Morgan fingerprint density at radius 2 is 2.00 bits per heavy atom. The number of carbonyl (C=O) groups is 1. The highest BCUT2D eigenvalue weighted by atomic mass is 16.4. The van der Waals surface area contributed by atoms with Gasteiger partial charge in [0, 0.05) is 6.04 Å². The van der Waals surface area contributed by atoms with Gasteiger partial charge in [-0.3, -0.25) is 0 Å². The predicted molar refractivity (Wildman–Crippen MR) is 55.2 cm³/mol. The third kappa shape index (κ3) is 2.57. The number of carboxylic acid groups (broad SMARTS) is 1. The highest BCUT2D eigenvalue weighted by Gasteiger charge is 2.06. The number of rotatable bonds is 4. The molecule has 3 heteroatoms. The molecule has 0 spiro atoms. The molecule has 0 aliphatic carbocycles. The Kier molecular flexibility index (Phi) is 3.65. The van der Waals surface area contributed by atoms with Crippen LogP contribution in [-0.2, 0) is 0 Å². The molecule has 14 heavy (non-hydrogen) atoms. The zero-order valence-electron chi connectivity index (χ0n) is 8.23. The van der Waals surface area contributed by atoms with E-state index in [2.05, 4.69) is 6.92 Å². The molecule has 0 saturated carbocycles. The first-order valence-corrected chi connectivity index (χ1v) is 4.74. The zero-order chi connectivity index (χ0) is 10.6. The summed E-state index contributed by atoms with van der Waals surface area (Å²) in [5.74, 6) is -0.902. The van der Waals surface area contributed by atoms with Gasteiger partial charge in [-0.1, -0.05) is 25.5 Å². The van der Waals surface area contributed by atoms with E-state index in [0.717, 1.165) is 18.4 Å². The fourth-order valence-electron chi connectivity index (χ4n) is 1.35. The van der Waals surface area contributed by atoms with Crippen molar-refractivity contribution in [2.45, 2.75) is 25.8 Å². The molecular weight excluding hydrogens is 178 g/mol. The van der Waals surface area contributed by atoms with Crippen LogP contribution in [-0.4, -0.2) is 11.1 Å². The van der Waals surface area contributed by atoms with Crippen molar-refractivity contribution in [2.24, 2.45) is 5.73 Å². The first kappa shape index (κ1) is 10.7. The molecule has 0 radical (unpaired) electrons. The fraction of sp³-hybridized carbons (Fsp3) is 0.364. The minimum absolute atomic E-state index is 0.0165. The first-order valence-electron chi connectivity index (χ1n) is 4.74. The Hall–Kier alpha value is -1.35. The topological polar surface area (TPSA) is 63.3 Å². The third-order valence-corrected chi connectivity index (χ3v) is 2.19. The number of hydrogen-bond acceptors (Lipinski definition) is 2. The number of carboxylic acids is 1. The van der Waals surface area contributed by atoms with Gasteiger partial charge >= 0.3 is 5.97 Å². The van der Waals surface area contributed by atoms with Crippen LogP contribution in [0.5, 0.6) is 0 Å². The Labute approximate surface area is 83.6 Å². The third-order valence-electron chi connectivity index (χ3n) is 2.19. The van der Waals surface area contributed by atoms with E-state index in [9.17, 15) is 4.79 Å². The second-order valence-corrected chi connectivity index (χ2v) is 3.32. The summed E-state index contributed by atoms with van der Waals surface area (Å²) in [5.41, 5.74) is 7.18. The lowest BCUT2D eigenvalue weighted by atomic mass is 10.0. The zero-order valence-corrected chi connectivity index (χ0v) is 8.23. The van der Waals surface area contributed by atoms with Crippen molar-refractivity contribution in [3.05, 3.63) is 35.4 Å². The van der Waals surface area contributed by atoms with Crippen molar-refractivity contribution in [2.75, 3.05) is 0 Å². The molecule has 0 amide bonds. The molecular formula is C11H15NO2. The van der Waals surface area contributed by atoms with Crippen LogP contribution in [0.15, 0.2) is 24.3 Å². The molecule has 0 aliphatic heterocycles. The largest absolute Gasteiger partial charge is 0.478 e. The Bertz CT molecular complexity index is 306. The quantitative estimate of drug-likeness (QED) is 0.770. The van der Waals surface area contributed by atoms with Gasteiger partial charge in [0.15, 0.2) is 0 Å². The lowest BCUT2D eigenvalue weighted by molar-refractivity contribution is 0.0697. The van der Waals surface area contributed by atoms with E-state index >= 15 is 0 Å². The molecule has 0 aliphatic rings. The Morgan fingerprint density at radius 1 is 1.43 bits per heavy atom. The van der Waals surface area contributed by atoms with Gasteiger partial charge in [-0.25, -0.2) is 4.79 Å². The van der Waals surface area contributed by atoms with E-state index in [-0.39, 0.29) is 6.04 Å². The van der Waals surface area contributed by atoms with Crippen LogP contribution in [0.4, 0.5) is 0 Å². The molecule has 1 aromatic carbocycles. The van der Waals surface area contributed by atoms with Crippen molar-refractivity contribution in [1.82, 2.24) is 0 Å². The summed E-state index contributed by atoms with van der Waals surface area (Å²) >= 11 is 0. The van der Waals surface area contributed by atoms with E-state index in [0.29, 0.717) is 5.56 Å². The van der Waals surface area contributed by atoms with Crippen LogP contribution in [0.2, 0.25) is 0 Å². The summed E-state index contributed by atoms with van der Waals surface area (Å²) in [5, 5.41) is 8.69. The van der Waals surface area contributed by atoms with Gasteiger partial charge in [0.25, 0.3) is 0 Å². The molecule has 0 fully saturated rings. The normalized spacial score (nSPS) is 12.4. The molecule has 0 bridgehead atoms. The Balaban J connectivity index is 2.77. The molecule has 0 aromatic heterocycles. The highest BCUT2D eigenvalue weighted by Crippen LogP contribution is 2.16. The molecule has 0 saturated heterocycles. The summed E-state index contributed by atoms with van der Waals surface area (Å²) in [6.07, 6.45) is 1.95. The smallest absolute Gasteiger partial charge is 0.335 e. The van der Waals surface area contributed by atoms with E-state index in [1.54, 1.807) is 24.3 Å². The lowest BCUT2D eigenvalue weighted by Crippen LogP contribution is -2.09. The van der Waals surface area contributed by atoms with Gasteiger partial charge in [0.2, 0.25) is 0 Å². The van der Waals surface area contributed by atoms with E-state index in [1.807, 2.05) is 0 Å². The Morgan fingerprint density at radius 3 is 2.43 bits per heavy atom. The molecule has 1 aromatic rings. The molecule has 1 rings (SSSR count). The average molecular weight is 193 g/mol. The molecule has 0 heterocycles. The van der Waals surface area contributed by atoms with Crippen molar-refractivity contribution in [1.29, 1.82) is 0 Å². The van der Waals surface area contributed by atoms with Crippen LogP contribution >= 0.6 is 0 Å². The van der Waals surface area contributed by atoms with Crippen LogP contribution in [0, 0.1) is 0 Å². The minimum Gasteiger partial charge on any atom is -0.478 e. The number of hydrogen-bond donors (Lipinski definition) is 2. The fourth-order valence-corrected chi connectivity index (χ4v) is 1.35.